The normalized spacial score (nSPS) is 18.1. The molecule has 5 heteroatoms. The zero-order chi connectivity index (χ0) is 15.6. The topological polar surface area (TPSA) is 65.1 Å². The van der Waals surface area contributed by atoms with Gasteiger partial charge in [0, 0.05) is 23.6 Å². The number of nitrogens with one attached hydrogen (secondary N) is 2. The number of fused-ring (bicyclic) bond motifs is 1. The second-order valence-corrected chi connectivity index (χ2v) is 6.57. The maximum atomic E-state index is 12.4. The largest absolute Gasteiger partial charge is 0.388 e. The number of hydrogen-bond acceptors (Lipinski definition) is 2. The zero-order valence-electron chi connectivity index (χ0n) is 12.5. The third kappa shape index (κ3) is 3.13. The van der Waals surface area contributed by atoms with Crippen LogP contribution in [0.2, 0.25) is 5.02 Å². The Hall–Kier alpha value is -1.52. The standard InChI is InChI=1S/C17H21ClN2O2/c18-15-12-7-10-19-14(12)6-5-13(15)16(21)20-11-17(22)8-3-1-2-4-9-17/h5-7,10,19,22H,1-4,8-9,11H2,(H,20,21). The van der Waals surface area contributed by atoms with Crippen LogP contribution in [0, 0.1) is 0 Å². The Bertz CT molecular complexity index is 672. The van der Waals surface area contributed by atoms with Crippen LogP contribution in [0.15, 0.2) is 24.4 Å². The molecule has 0 saturated heterocycles. The number of aromatic nitrogens is 1. The SMILES string of the molecule is O=C(NCC1(O)CCCCCC1)c1ccc2[nH]ccc2c1Cl. The van der Waals surface area contributed by atoms with Crippen LogP contribution < -0.4 is 5.32 Å². The molecule has 118 valence electrons. The molecule has 1 amide bonds. The van der Waals surface area contributed by atoms with Crippen molar-refractivity contribution in [2.45, 2.75) is 44.1 Å². The number of amides is 1. The molecule has 1 fully saturated rings. The van der Waals surface area contributed by atoms with Crippen LogP contribution in [-0.4, -0.2) is 28.1 Å². The van der Waals surface area contributed by atoms with E-state index in [4.69, 9.17) is 11.6 Å². The van der Waals surface area contributed by atoms with Gasteiger partial charge in [-0.05, 0) is 31.0 Å². The second kappa shape index (κ2) is 6.31. The lowest BCUT2D eigenvalue weighted by Crippen LogP contribution is -2.42. The Balaban J connectivity index is 1.71. The summed E-state index contributed by atoms with van der Waals surface area (Å²) in [7, 11) is 0. The van der Waals surface area contributed by atoms with Gasteiger partial charge in [-0.15, -0.1) is 0 Å². The van der Waals surface area contributed by atoms with Gasteiger partial charge in [0.15, 0.2) is 0 Å². The van der Waals surface area contributed by atoms with Gasteiger partial charge in [0.1, 0.15) is 0 Å². The molecule has 0 unspecified atom stereocenters. The van der Waals surface area contributed by atoms with Crippen molar-refractivity contribution >= 4 is 28.4 Å². The first-order valence-corrected chi connectivity index (χ1v) is 8.23. The molecule has 1 saturated carbocycles. The highest BCUT2D eigenvalue weighted by molar-refractivity contribution is 6.38. The van der Waals surface area contributed by atoms with E-state index in [-0.39, 0.29) is 12.5 Å². The van der Waals surface area contributed by atoms with E-state index in [1.165, 1.54) is 0 Å². The maximum Gasteiger partial charge on any atom is 0.252 e. The van der Waals surface area contributed by atoms with Gasteiger partial charge in [-0.1, -0.05) is 37.3 Å². The summed E-state index contributed by atoms with van der Waals surface area (Å²) in [4.78, 5) is 15.5. The molecule has 22 heavy (non-hydrogen) atoms. The molecule has 4 nitrogen and oxygen atoms in total. The van der Waals surface area contributed by atoms with Crippen molar-refractivity contribution in [3.63, 3.8) is 0 Å². The average Bonchev–Trinajstić information content (AvgIpc) is 2.88. The van der Waals surface area contributed by atoms with Crippen LogP contribution in [-0.2, 0) is 0 Å². The van der Waals surface area contributed by atoms with Crippen molar-refractivity contribution in [3.8, 4) is 0 Å². The van der Waals surface area contributed by atoms with Gasteiger partial charge >= 0.3 is 0 Å². The number of halogens is 1. The summed E-state index contributed by atoms with van der Waals surface area (Å²) in [6.07, 6.45) is 7.64. The third-order valence-corrected chi connectivity index (χ3v) is 4.93. The van der Waals surface area contributed by atoms with Crippen molar-refractivity contribution in [2.75, 3.05) is 6.54 Å². The summed E-state index contributed by atoms with van der Waals surface area (Å²) in [5, 5.41) is 14.7. The molecule has 1 aromatic heterocycles. The van der Waals surface area contributed by atoms with Crippen LogP contribution >= 0.6 is 11.6 Å². The average molecular weight is 321 g/mol. The predicted octanol–water partition coefficient (Wildman–Crippen LogP) is 3.64. The monoisotopic (exact) mass is 320 g/mol. The van der Waals surface area contributed by atoms with Crippen LogP contribution in [0.3, 0.4) is 0 Å². The first-order valence-electron chi connectivity index (χ1n) is 7.85. The molecule has 0 atom stereocenters. The van der Waals surface area contributed by atoms with Crippen molar-refractivity contribution in [1.29, 1.82) is 0 Å². The Morgan fingerprint density at radius 2 is 1.95 bits per heavy atom. The first-order chi connectivity index (χ1) is 10.6. The summed E-state index contributed by atoms with van der Waals surface area (Å²) in [5.41, 5.74) is 0.575. The molecule has 3 rings (SSSR count). The van der Waals surface area contributed by atoms with E-state index in [1.807, 2.05) is 12.1 Å². The summed E-state index contributed by atoms with van der Waals surface area (Å²) in [5.74, 6) is -0.231. The van der Waals surface area contributed by atoms with E-state index in [1.54, 1.807) is 12.3 Å². The van der Waals surface area contributed by atoms with Crippen LogP contribution in [0.4, 0.5) is 0 Å². The molecule has 2 aromatic rings. The minimum Gasteiger partial charge on any atom is -0.388 e. The number of aliphatic hydroxyl groups is 1. The number of carbonyl (C=O) groups excluding carboxylic acids is 1. The minimum atomic E-state index is -0.781. The first kappa shape index (κ1) is 15.4. The number of H-pyrrole nitrogens is 1. The minimum absolute atomic E-state index is 0.231. The van der Waals surface area contributed by atoms with Gasteiger partial charge < -0.3 is 15.4 Å². The summed E-state index contributed by atoms with van der Waals surface area (Å²) in [6, 6.07) is 5.41. The van der Waals surface area contributed by atoms with E-state index in [2.05, 4.69) is 10.3 Å². The molecular weight excluding hydrogens is 300 g/mol. The highest BCUT2D eigenvalue weighted by Gasteiger charge is 2.28. The molecule has 1 aliphatic carbocycles. The number of aromatic amines is 1. The van der Waals surface area contributed by atoms with E-state index < -0.39 is 5.60 Å². The summed E-state index contributed by atoms with van der Waals surface area (Å²) < 4.78 is 0. The Kier molecular flexibility index (Phi) is 4.41. The van der Waals surface area contributed by atoms with E-state index in [9.17, 15) is 9.90 Å². The highest BCUT2D eigenvalue weighted by Crippen LogP contribution is 2.28. The fourth-order valence-corrected chi connectivity index (χ4v) is 3.49. The van der Waals surface area contributed by atoms with Gasteiger partial charge in [-0.25, -0.2) is 0 Å². The van der Waals surface area contributed by atoms with Crippen molar-refractivity contribution in [2.24, 2.45) is 0 Å². The van der Waals surface area contributed by atoms with Gasteiger partial charge in [0.2, 0.25) is 0 Å². The van der Waals surface area contributed by atoms with Crippen LogP contribution in [0.1, 0.15) is 48.9 Å². The Morgan fingerprint density at radius 3 is 2.68 bits per heavy atom. The van der Waals surface area contributed by atoms with Gasteiger partial charge in [-0.3, -0.25) is 4.79 Å². The second-order valence-electron chi connectivity index (χ2n) is 6.19. The quantitative estimate of drug-likeness (QED) is 0.756. The van der Waals surface area contributed by atoms with Crippen molar-refractivity contribution < 1.29 is 9.90 Å². The summed E-state index contributed by atoms with van der Waals surface area (Å²) >= 11 is 6.32. The molecule has 3 N–H and O–H groups in total. The Labute approximate surface area is 134 Å². The molecule has 0 radical (unpaired) electrons. The van der Waals surface area contributed by atoms with Gasteiger partial charge in [0.25, 0.3) is 5.91 Å². The van der Waals surface area contributed by atoms with Crippen LogP contribution in [0.25, 0.3) is 10.9 Å². The molecule has 1 aliphatic rings. The number of rotatable bonds is 3. The molecule has 0 spiro atoms. The number of hydrogen-bond donors (Lipinski definition) is 3. The maximum absolute atomic E-state index is 12.4. The van der Waals surface area contributed by atoms with Gasteiger partial charge in [0.05, 0.1) is 16.2 Å². The molecule has 0 bridgehead atoms. The highest BCUT2D eigenvalue weighted by atomic mass is 35.5. The van der Waals surface area contributed by atoms with Crippen molar-refractivity contribution in [1.82, 2.24) is 10.3 Å². The number of carbonyl (C=O) groups is 1. The molecule has 1 aromatic carbocycles. The lowest BCUT2D eigenvalue weighted by atomic mass is 9.94. The molecular formula is C17H21ClN2O2. The van der Waals surface area contributed by atoms with E-state index in [0.29, 0.717) is 10.6 Å². The fourth-order valence-electron chi connectivity index (χ4n) is 3.18. The molecule has 1 heterocycles. The molecule has 0 aliphatic heterocycles. The lowest BCUT2D eigenvalue weighted by Gasteiger charge is -2.26. The van der Waals surface area contributed by atoms with Crippen molar-refractivity contribution in [3.05, 3.63) is 35.0 Å². The van der Waals surface area contributed by atoms with Gasteiger partial charge in [-0.2, -0.15) is 0 Å². The Morgan fingerprint density at radius 1 is 1.23 bits per heavy atom. The summed E-state index contributed by atoms with van der Waals surface area (Å²) in [6.45, 7) is 0.285. The van der Waals surface area contributed by atoms with E-state index >= 15 is 0 Å². The van der Waals surface area contributed by atoms with E-state index in [0.717, 1.165) is 49.4 Å². The zero-order valence-corrected chi connectivity index (χ0v) is 13.2. The lowest BCUT2D eigenvalue weighted by molar-refractivity contribution is 0.0246. The smallest absolute Gasteiger partial charge is 0.252 e. The third-order valence-electron chi connectivity index (χ3n) is 4.53. The fraction of sp³-hybridized carbons (Fsp3) is 0.471. The number of benzene rings is 1. The van der Waals surface area contributed by atoms with Crippen LogP contribution in [0.5, 0.6) is 0 Å². The predicted molar refractivity (Wildman–Crippen MR) is 88.3 cm³/mol.